The first-order chi connectivity index (χ1) is 21.8. The number of likely N-dealkylation sites (tertiary alicyclic amines) is 1. The number of hydrogen-bond donors (Lipinski definition) is 0. The molecule has 5 saturated carbocycles. The highest BCUT2D eigenvalue weighted by atomic mass is 16.6. The van der Waals surface area contributed by atoms with Gasteiger partial charge in [0.05, 0.1) is 24.9 Å². The van der Waals surface area contributed by atoms with Crippen LogP contribution in [0.5, 0.6) is 0 Å². The van der Waals surface area contributed by atoms with Gasteiger partial charge in [0.15, 0.2) is 0 Å². The number of carbonyl (C=O) groups excluding carboxylic acids is 2. The second-order valence-electron chi connectivity index (χ2n) is 14.5. The first-order valence-electron chi connectivity index (χ1n) is 16.7. The van der Waals surface area contributed by atoms with E-state index in [0.717, 1.165) is 37.9 Å². The summed E-state index contributed by atoms with van der Waals surface area (Å²) in [5.41, 5.74) is -0.481. The van der Waals surface area contributed by atoms with Gasteiger partial charge in [-0.15, -0.1) is 0 Å². The summed E-state index contributed by atoms with van der Waals surface area (Å²) in [6, 6.07) is 9.83. The molecule has 0 amide bonds. The Balaban J connectivity index is 1.45. The average Bonchev–Trinajstić information content (AvgIpc) is 3.45. The number of piperidine rings is 1. The summed E-state index contributed by atoms with van der Waals surface area (Å²) in [5, 5.41) is 0. The Labute approximate surface area is 266 Å². The van der Waals surface area contributed by atoms with Gasteiger partial charge in [-0.1, -0.05) is 37.3 Å². The quantitative estimate of drug-likeness (QED) is 0.283. The summed E-state index contributed by atoms with van der Waals surface area (Å²) in [5.74, 6) is -0.887. The Morgan fingerprint density at radius 1 is 1.02 bits per heavy atom. The monoisotopic (exact) mass is 623 g/mol. The number of fused-ring (bicyclic) bond motifs is 2. The van der Waals surface area contributed by atoms with Gasteiger partial charge in [0.2, 0.25) is 0 Å². The predicted octanol–water partition coefficient (Wildman–Crippen LogP) is 3.99. The van der Waals surface area contributed by atoms with Gasteiger partial charge in [0, 0.05) is 94.9 Å². The van der Waals surface area contributed by atoms with E-state index in [2.05, 4.69) is 11.8 Å². The van der Waals surface area contributed by atoms with Crippen molar-refractivity contribution in [2.24, 2.45) is 40.4 Å². The predicted molar refractivity (Wildman–Crippen MR) is 166 cm³/mol. The molecular formula is C36H49NO8. The zero-order valence-corrected chi connectivity index (χ0v) is 27.5. The van der Waals surface area contributed by atoms with Crippen molar-refractivity contribution in [2.75, 3.05) is 48.1 Å². The van der Waals surface area contributed by atoms with Gasteiger partial charge in [-0.3, -0.25) is 9.69 Å². The molecule has 246 valence electrons. The molecule has 1 aliphatic heterocycles. The maximum Gasteiger partial charge on any atom is 0.331 e. The van der Waals surface area contributed by atoms with Crippen molar-refractivity contribution < 1.29 is 38.0 Å². The molecule has 1 unspecified atom stereocenters. The van der Waals surface area contributed by atoms with Crippen molar-refractivity contribution >= 4 is 18.0 Å². The van der Waals surface area contributed by atoms with E-state index in [-0.39, 0.29) is 70.7 Å². The molecular weight excluding hydrogens is 574 g/mol. The first-order valence-corrected chi connectivity index (χ1v) is 16.7. The number of carbonyl (C=O) groups is 2. The Morgan fingerprint density at radius 2 is 1.80 bits per heavy atom. The summed E-state index contributed by atoms with van der Waals surface area (Å²) >= 11 is 0. The molecule has 7 bridgehead atoms. The molecule has 1 heterocycles. The second kappa shape index (κ2) is 11.4. The van der Waals surface area contributed by atoms with E-state index >= 15 is 0 Å². The molecule has 45 heavy (non-hydrogen) atoms. The minimum absolute atomic E-state index is 0.00219. The van der Waals surface area contributed by atoms with Crippen LogP contribution in [0.4, 0.5) is 0 Å². The van der Waals surface area contributed by atoms with Crippen molar-refractivity contribution in [1.29, 1.82) is 0 Å². The number of benzene rings is 1. The third-order valence-corrected chi connectivity index (χ3v) is 13.1. The molecule has 0 aromatic heterocycles. The second-order valence-corrected chi connectivity index (χ2v) is 14.5. The van der Waals surface area contributed by atoms with Crippen LogP contribution in [0, 0.1) is 40.4 Å². The Kier molecular flexibility index (Phi) is 7.96. The van der Waals surface area contributed by atoms with Crippen molar-refractivity contribution in [3.05, 3.63) is 42.0 Å². The van der Waals surface area contributed by atoms with E-state index < -0.39 is 17.7 Å². The number of esters is 2. The lowest BCUT2D eigenvalue weighted by Crippen LogP contribution is -2.77. The van der Waals surface area contributed by atoms with Crippen LogP contribution in [0.3, 0.4) is 0 Å². The first kappa shape index (κ1) is 31.3. The lowest BCUT2D eigenvalue weighted by molar-refractivity contribution is -0.280. The van der Waals surface area contributed by atoms with E-state index in [0.29, 0.717) is 13.0 Å². The molecule has 0 radical (unpaired) electrons. The standard InChI is InChI=1S/C36H49NO8/c1-7-37-19-34(20-40-3)16-15-26(42-5)36-24-17-23-25(41-4)18-35(28(24)30(23)44-21(2)38,29(33(36)37)31(43-6)32(34)36)45-27(39)14-13-22-11-9-8-10-12-22/h8-14,23-26,28-33H,7,15-20H2,1-6H3/b14-13+/t23-,24-,25+,26?,28-,29+,30+,31+,32-,33-,34+,35-,36+/m1/s1. The summed E-state index contributed by atoms with van der Waals surface area (Å²) in [6.45, 7) is 6.10. The number of rotatable bonds is 10. The Hall–Kier alpha value is -2.30. The molecule has 13 atom stereocenters. The highest BCUT2D eigenvalue weighted by Gasteiger charge is 2.88. The van der Waals surface area contributed by atoms with Gasteiger partial charge < -0.3 is 28.4 Å². The van der Waals surface area contributed by atoms with Gasteiger partial charge in [0.1, 0.15) is 11.7 Å². The Morgan fingerprint density at radius 3 is 2.44 bits per heavy atom. The van der Waals surface area contributed by atoms with Crippen LogP contribution in [0.25, 0.3) is 6.08 Å². The number of hydrogen-bond acceptors (Lipinski definition) is 9. The van der Waals surface area contributed by atoms with Crippen LogP contribution < -0.4 is 0 Å². The lowest BCUT2D eigenvalue weighted by atomic mass is 9.43. The number of ether oxygens (including phenoxy) is 6. The van der Waals surface area contributed by atoms with Crippen LogP contribution in [0.1, 0.15) is 45.1 Å². The van der Waals surface area contributed by atoms with E-state index in [1.807, 2.05) is 44.6 Å². The van der Waals surface area contributed by atoms with Crippen LogP contribution in [-0.4, -0.2) is 101 Å². The molecule has 9 heteroatoms. The van der Waals surface area contributed by atoms with Crippen molar-refractivity contribution in [2.45, 2.75) is 75.6 Å². The highest BCUT2D eigenvalue weighted by Crippen LogP contribution is 2.80. The van der Waals surface area contributed by atoms with Crippen LogP contribution >= 0.6 is 0 Å². The fourth-order valence-electron chi connectivity index (χ4n) is 12.4. The molecule has 1 saturated heterocycles. The van der Waals surface area contributed by atoms with E-state index in [9.17, 15) is 9.59 Å². The minimum Gasteiger partial charge on any atom is -0.462 e. The molecule has 6 aliphatic rings. The van der Waals surface area contributed by atoms with Gasteiger partial charge >= 0.3 is 11.9 Å². The Bertz CT molecular complexity index is 1320. The molecule has 7 rings (SSSR count). The van der Waals surface area contributed by atoms with E-state index in [4.69, 9.17) is 28.4 Å². The van der Waals surface area contributed by atoms with Gasteiger partial charge in [0.25, 0.3) is 0 Å². The average molecular weight is 624 g/mol. The van der Waals surface area contributed by atoms with Crippen molar-refractivity contribution in [3.8, 4) is 0 Å². The molecule has 1 aromatic rings. The van der Waals surface area contributed by atoms with Crippen molar-refractivity contribution in [1.82, 2.24) is 4.90 Å². The molecule has 0 N–H and O–H groups in total. The lowest BCUT2D eigenvalue weighted by Gasteiger charge is -2.69. The SMILES string of the molecule is CCN1C[C@]2(COC)CCC(OC)[C@@]34[C@@H]5C[C@H]6[C@H](OC(C)=O)[C@@H]5[C@](OC(=O)/C=C/c5ccccc5)(C[C@@H]6OC)[C@@H]([C@H](OC)[C@H]23)[C@@H]14. The smallest absolute Gasteiger partial charge is 0.331 e. The minimum atomic E-state index is -0.973. The number of nitrogens with zero attached hydrogens (tertiary/aromatic N) is 1. The number of methoxy groups -OCH3 is 4. The zero-order chi connectivity index (χ0) is 31.7. The summed E-state index contributed by atoms with van der Waals surface area (Å²) in [6.07, 6.45) is 5.72. The summed E-state index contributed by atoms with van der Waals surface area (Å²) in [4.78, 5) is 29.4. The molecule has 9 nitrogen and oxygen atoms in total. The molecule has 5 aliphatic carbocycles. The summed E-state index contributed by atoms with van der Waals surface area (Å²) in [7, 11) is 7.20. The van der Waals surface area contributed by atoms with E-state index in [1.165, 1.54) is 13.0 Å². The van der Waals surface area contributed by atoms with Crippen LogP contribution in [0.2, 0.25) is 0 Å². The topological polar surface area (TPSA) is 92.8 Å². The molecule has 1 spiro atoms. The van der Waals surface area contributed by atoms with Gasteiger partial charge in [-0.05, 0) is 43.4 Å². The normalized spacial score (nSPS) is 45.9. The molecule has 6 fully saturated rings. The fourth-order valence-corrected chi connectivity index (χ4v) is 12.4. The maximum absolute atomic E-state index is 14.0. The zero-order valence-electron chi connectivity index (χ0n) is 27.5. The van der Waals surface area contributed by atoms with Gasteiger partial charge in [-0.2, -0.15) is 0 Å². The van der Waals surface area contributed by atoms with Crippen molar-refractivity contribution in [3.63, 3.8) is 0 Å². The highest BCUT2D eigenvalue weighted by molar-refractivity contribution is 5.87. The van der Waals surface area contributed by atoms with Gasteiger partial charge in [-0.25, -0.2) is 4.79 Å². The third kappa shape index (κ3) is 4.16. The third-order valence-electron chi connectivity index (χ3n) is 13.1. The van der Waals surface area contributed by atoms with Crippen LogP contribution in [0.15, 0.2) is 36.4 Å². The van der Waals surface area contributed by atoms with E-state index in [1.54, 1.807) is 20.3 Å². The maximum atomic E-state index is 14.0. The molecule has 1 aromatic carbocycles. The largest absolute Gasteiger partial charge is 0.462 e. The fraction of sp³-hybridized carbons (Fsp3) is 0.722. The van der Waals surface area contributed by atoms with Crippen LogP contribution in [-0.2, 0) is 38.0 Å². The summed E-state index contributed by atoms with van der Waals surface area (Å²) < 4.78 is 38.7.